The highest BCUT2D eigenvalue weighted by Crippen LogP contribution is 2.30. The lowest BCUT2D eigenvalue weighted by Crippen LogP contribution is -2.51. The summed E-state index contributed by atoms with van der Waals surface area (Å²) in [5.41, 5.74) is -0.640. The van der Waals surface area contributed by atoms with Gasteiger partial charge in [-0.15, -0.1) is 0 Å². The Bertz CT molecular complexity index is 250. The predicted octanol–water partition coefficient (Wildman–Crippen LogP) is 2.03. The summed E-state index contributed by atoms with van der Waals surface area (Å²) in [5.74, 6) is 0.665. The largest absolute Gasteiger partial charge is 0.388 e. The van der Waals surface area contributed by atoms with E-state index in [1.807, 2.05) is 6.92 Å². The van der Waals surface area contributed by atoms with Gasteiger partial charge in [-0.25, -0.2) is 4.79 Å². The maximum atomic E-state index is 11.6. The van der Waals surface area contributed by atoms with Crippen molar-refractivity contribution in [3.05, 3.63) is 0 Å². The van der Waals surface area contributed by atoms with Gasteiger partial charge >= 0.3 is 6.03 Å². The van der Waals surface area contributed by atoms with Crippen LogP contribution in [0.2, 0.25) is 0 Å². The standard InChI is InChI=1S/C13H26N2O2/c1-10(2)5-6-11(3)15-12(16)14-9-13(17)7-4-8-13/h10-11,17H,4-9H2,1-3H3,(H2,14,15,16). The molecule has 0 aromatic carbocycles. The third-order valence-electron chi connectivity index (χ3n) is 3.42. The normalized spacial score (nSPS) is 19.6. The van der Waals surface area contributed by atoms with Gasteiger partial charge in [-0.2, -0.15) is 0 Å². The van der Waals surface area contributed by atoms with Crippen molar-refractivity contribution in [3.63, 3.8) is 0 Å². The number of hydrogen-bond acceptors (Lipinski definition) is 2. The van der Waals surface area contributed by atoms with Gasteiger partial charge in [0.05, 0.1) is 5.60 Å². The van der Waals surface area contributed by atoms with Crippen molar-refractivity contribution in [1.82, 2.24) is 10.6 Å². The van der Waals surface area contributed by atoms with E-state index in [9.17, 15) is 9.90 Å². The van der Waals surface area contributed by atoms with Crippen molar-refractivity contribution in [1.29, 1.82) is 0 Å². The summed E-state index contributed by atoms with van der Waals surface area (Å²) in [5, 5.41) is 15.5. The topological polar surface area (TPSA) is 61.4 Å². The van der Waals surface area contributed by atoms with Crippen LogP contribution in [0.15, 0.2) is 0 Å². The van der Waals surface area contributed by atoms with Gasteiger partial charge in [0.15, 0.2) is 0 Å². The second-order valence-electron chi connectivity index (χ2n) is 5.78. The zero-order chi connectivity index (χ0) is 12.9. The van der Waals surface area contributed by atoms with Crippen molar-refractivity contribution in [3.8, 4) is 0 Å². The van der Waals surface area contributed by atoms with E-state index in [2.05, 4.69) is 24.5 Å². The fourth-order valence-corrected chi connectivity index (χ4v) is 1.94. The Morgan fingerprint density at radius 1 is 1.29 bits per heavy atom. The zero-order valence-corrected chi connectivity index (χ0v) is 11.3. The molecule has 1 saturated carbocycles. The minimum Gasteiger partial charge on any atom is -0.388 e. The van der Waals surface area contributed by atoms with Crippen LogP contribution in [-0.2, 0) is 0 Å². The molecule has 0 radical (unpaired) electrons. The first-order valence-corrected chi connectivity index (χ1v) is 6.68. The summed E-state index contributed by atoms with van der Waals surface area (Å²) in [4.78, 5) is 11.6. The van der Waals surface area contributed by atoms with Crippen LogP contribution in [0.5, 0.6) is 0 Å². The Labute approximate surface area is 104 Å². The molecule has 0 aliphatic heterocycles. The molecule has 1 atom stereocenters. The van der Waals surface area contributed by atoms with Gasteiger partial charge < -0.3 is 15.7 Å². The van der Waals surface area contributed by atoms with Crippen LogP contribution in [0.3, 0.4) is 0 Å². The summed E-state index contributed by atoms with van der Waals surface area (Å²) in [6, 6.07) is 0.0232. The minimum absolute atomic E-state index is 0.165. The molecule has 0 aromatic heterocycles. The van der Waals surface area contributed by atoms with E-state index in [0.717, 1.165) is 32.1 Å². The summed E-state index contributed by atoms with van der Waals surface area (Å²) < 4.78 is 0. The van der Waals surface area contributed by atoms with Crippen LogP contribution in [0, 0.1) is 5.92 Å². The Morgan fingerprint density at radius 2 is 1.94 bits per heavy atom. The molecule has 1 fully saturated rings. The SMILES string of the molecule is CC(C)CCC(C)NC(=O)NCC1(O)CCC1. The molecule has 0 heterocycles. The highest BCUT2D eigenvalue weighted by molar-refractivity contribution is 5.74. The van der Waals surface area contributed by atoms with Crippen LogP contribution >= 0.6 is 0 Å². The molecule has 0 spiro atoms. The van der Waals surface area contributed by atoms with Crippen LogP contribution < -0.4 is 10.6 Å². The van der Waals surface area contributed by atoms with Gasteiger partial charge in [-0.1, -0.05) is 13.8 Å². The average molecular weight is 242 g/mol. The molecule has 0 saturated heterocycles. The first kappa shape index (κ1) is 14.3. The third kappa shape index (κ3) is 5.39. The quantitative estimate of drug-likeness (QED) is 0.667. The zero-order valence-electron chi connectivity index (χ0n) is 11.3. The van der Waals surface area contributed by atoms with Gasteiger partial charge in [0, 0.05) is 12.6 Å². The van der Waals surface area contributed by atoms with Crippen molar-refractivity contribution >= 4 is 6.03 Å². The van der Waals surface area contributed by atoms with Gasteiger partial charge in [0.2, 0.25) is 0 Å². The fourth-order valence-electron chi connectivity index (χ4n) is 1.94. The maximum Gasteiger partial charge on any atom is 0.315 e. The molecular weight excluding hydrogens is 216 g/mol. The molecule has 100 valence electrons. The van der Waals surface area contributed by atoms with Crippen LogP contribution in [-0.4, -0.2) is 29.3 Å². The monoisotopic (exact) mass is 242 g/mol. The first-order chi connectivity index (χ1) is 7.91. The maximum absolute atomic E-state index is 11.6. The smallest absolute Gasteiger partial charge is 0.315 e. The molecule has 4 nitrogen and oxygen atoms in total. The molecule has 1 rings (SSSR count). The second-order valence-corrected chi connectivity index (χ2v) is 5.78. The van der Waals surface area contributed by atoms with E-state index in [-0.39, 0.29) is 12.1 Å². The summed E-state index contributed by atoms with van der Waals surface area (Å²) in [7, 11) is 0. The predicted molar refractivity (Wildman–Crippen MR) is 68.9 cm³/mol. The minimum atomic E-state index is -0.640. The average Bonchev–Trinajstić information content (AvgIpc) is 2.21. The summed E-state index contributed by atoms with van der Waals surface area (Å²) in [6.45, 7) is 6.74. The molecule has 3 N–H and O–H groups in total. The lowest BCUT2D eigenvalue weighted by molar-refractivity contribution is -0.0290. The molecule has 0 bridgehead atoms. The summed E-state index contributed by atoms with van der Waals surface area (Å²) in [6.07, 6.45) is 4.78. The first-order valence-electron chi connectivity index (χ1n) is 6.68. The lowest BCUT2D eigenvalue weighted by atomic mass is 9.80. The number of aliphatic hydroxyl groups is 1. The Hall–Kier alpha value is -0.770. The Balaban J connectivity index is 2.11. The van der Waals surface area contributed by atoms with Gasteiger partial charge in [-0.3, -0.25) is 0 Å². The number of carbonyl (C=O) groups excluding carboxylic acids is 1. The lowest BCUT2D eigenvalue weighted by Gasteiger charge is -2.36. The molecule has 1 unspecified atom stereocenters. The number of hydrogen-bond donors (Lipinski definition) is 3. The van der Waals surface area contributed by atoms with E-state index in [1.165, 1.54) is 0 Å². The molecule has 17 heavy (non-hydrogen) atoms. The van der Waals surface area contributed by atoms with Gasteiger partial charge in [0.1, 0.15) is 0 Å². The Kier molecular flexibility index (Phi) is 5.25. The molecule has 2 amide bonds. The van der Waals surface area contributed by atoms with E-state index in [0.29, 0.717) is 12.5 Å². The highest BCUT2D eigenvalue weighted by atomic mass is 16.3. The second kappa shape index (κ2) is 6.24. The molecule has 1 aliphatic carbocycles. The van der Waals surface area contributed by atoms with E-state index < -0.39 is 5.60 Å². The number of nitrogens with one attached hydrogen (secondary N) is 2. The molecule has 0 aromatic rings. The van der Waals surface area contributed by atoms with E-state index in [4.69, 9.17) is 0 Å². The third-order valence-corrected chi connectivity index (χ3v) is 3.42. The van der Waals surface area contributed by atoms with E-state index in [1.54, 1.807) is 0 Å². The number of urea groups is 1. The van der Waals surface area contributed by atoms with Crippen LogP contribution in [0.4, 0.5) is 4.79 Å². The Morgan fingerprint density at radius 3 is 2.41 bits per heavy atom. The number of amides is 2. The van der Waals surface area contributed by atoms with Gasteiger partial charge in [0.25, 0.3) is 0 Å². The number of carbonyl (C=O) groups is 1. The van der Waals surface area contributed by atoms with Crippen molar-refractivity contribution in [2.75, 3.05) is 6.54 Å². The van der Waals surface area contributed by atoms with E-state index >= 15 is 0 Å². The summed E-state index contributed by atoms with van der Waals surface area (Å²) >= 11 is 0. The van der Waals surface area contributed by atoms with Crippen molar-refractivity contribution < 1.29 is 9.90 Å². The van der Waals surface area contributed by atoms with Crippen molar-refractivity contribution in [2.45, 2.75) is 64.5 Å². The molecule has 4 heteroatoms. The van der Waals surface area contributed by atoms with Crippen LogP contribution in [0.25, 0.3) is 0 Å². The number of rotatable bonds is 6. The molecular formula is C13H26N2O2. The van der Waals surface area contributed by atoms with Gasteiger partial charge in [-0.05, 0) is 44.9 Å². The fraction of sp³-hybridized carbons (Fsp3) is 0.923. The van der Waals surface area contributed by atoms with Crippen molar-refractivity contribution in [2.24, 2.45) is 5.92 Å². The highest BCUT2D eigenvalue weighted by Gasteiger charge is 2.34. The molecule has 1 aliphatic rings. The van der Waals surface area contributed by atoms with Crippen LogP contribution in [0.1, 0.15) is 52.9 Å².